The van der Waals surface area contributed by atoms with Crippen LogP contribution >= 0.6 is 0 Å². The number of anilines is 2. The Morgan fingerprint density at radius 2 is 1.84 bits per heavy atom. The Hall–Kier alpha value is -3.40. The van der Waals surface area contributed by atoms with E-state index in [9.17, 15) is 14.9 Å². The lowest BCUT2D eigenvalue weighted by molar-refractivity contribution is -0.383. The monoisotopic (exact) mass is 338 g/mol. The summed E-state index contributed by atoms with van der Waals surface area (Å²) < 4.78 is 0. The van der Waals surface area contributed by atoms with E-state index in [2.05, 4.69) is 5.32 Å². The van der Waals surface area contributed by atoms with Gasteiger partial charge in [-0.1, -0.05) is 0 Å². The molecular formula is C18H18N4O3. The minimum absolute atomic E-state index is 0.0547. The second-order valence-corrected chi connectivity index (χ2v) is 5.28. The van der Waals surface area contributed by atoms with Gasteiger partial charge in [0.15, 0.2) is 0 Å². The van der Waals surface area contributed by atoms with E-state index in [-0.39, 0.29) is 22.8 Å². The van der Waals surface area contributed by atoms with Gasteiger partial charge < -0.3 is 10.2 Å². The van der Waals surface area contributed by atoms with E-state index >= 15 is 0 Å². The maximum atomic E-state index is 12.3. The molecule has 0 heterocycles. The normalized spacial score (nSPS) is 9.96. The van der Waals surface area contributed by atoms with E-state index in [0.717, 1.165) is 0 Å². The molecule has 25 heavy (non-hydrogen) atoms. The van der Waals surface area contributed by atoms with Crippen molar-refractivity contribution in [3.05, 3.63) is 63.7 Å². The summed E-state index contributed by atoms with van der Waals surface area (Å²) >= 11 is 0. The number of carbonyl (C=O) groups is 1. The predicted octanol–water partition coefficient (Wildman–Crippen LogP) is 3.69. The summed E-state index contributed by atoms with van der Waals surface area (Å²) in [5, 5.41) is 23.0. The third kappa shape index (κ3) is 4.12. The first-order chi connectivity index (χ1) is 12.0. The van der Waals surface area contributed by atoms with Crippen LogP contribution in [-0.4, -0.2) is 28.8 Å². The van der Waals surface area contributed by atoms with Crippen LogP contribution in [0.25, 0.3) is 0 Å². The van der Waals surface area contributed by atoms with Crippen molar-refractivity contribution in [3.8, 4) is 6.07 Å². The smallest absolute Gasteiger partial charge is 0.293 e. The summed E-state index contributed by atoms with van der Waals surface area (Å²) in [5.41, 5.74) is 1.50. The Balaban J connectivity index is 2.24. The molecule has 0 saturated carbocycles. The van der Waals surface area contributed by atoms with E-state index < -0.39 is 4.92 Å². The van der Waals surface area contributed by atoms with Gasteiger partial charge in [-0.25, -0.2) is 0 Å². The molecule has 2 aromatic carbocycles. The molecule has 128 valence electrons. The molecule has 0 aromatic heterocycles. The number of carbonyl (C=O) groups excluding carboxylic acids is 1. The van der Waals surface area contributed by atoms with Crippen LogP contribution in [0.5, 0.6) is 0 Å². The average Bonchev–Trinajstić information content (AvgIpc) is 2.63. The number of nitro groups is 1. The van der Waals surface area contributed by atoms with Crippen molar-refractivity contribution in [1.82, 2.24) is 4.90 Å². The van der Waals surface area contributed by atoms with Gasteiger partial charge >= 0.3 is 0 Å². The molecule has 0 unspecified atom stereocenters. The molecule has 0 aliphatic carbocycles. The molecule has 0 bridgehead atoms. The maximum Gasteiger partial charge on any atom is 0.293 e. The fourth-order valence-corrected chi connectivity index (χ4v) is 2.40. The van der Waals surface area contributed by atoms with Crippen LogP contribution in [0.4, 0.5) is 17.1 Å². The topological polar surface area (TPSA) is 99.3 Å². The molecule has 2 rings (SSSR count). The SMILES string of the molecule is CCN(CC)C(=O)c1ccc(Nc2ccc(C#N)cc2[N+](=O)[O-])cc1. The quantitative estimate of drug-likeness (QED) is 0.639. The van der Waals surface area contributed by atoms with Gasteiger partial charge in [-0.3, -0.25) is 14.9 Å². The number of nitro benzene ring substituents is 1. The van der Waals surface area contributed by atoms with Crippen molar-refractivity contribution in [2.24, 2.45) is 0 Å². The number of hydrogen-bond acceptors (Lipinski definition) is 5. The lowest BCUT2D eigenvalue weighted by Gasteiger charge is -2.18. The molecule has 0 spiro atoms. The van der Waals surface area contributed by atoms with Gasteiger partial charge in [0.05, 0.1) is 16.6 Å². The molecular weight excluding hydrogens is 320 g/mol. The summed E-state index contributed by atoms with van der Waals surface area (Å²) in [6.07, 6.45) is 0. The van der Waals surface area contributed by atoms with Crippen molar-refractivity contribution in [2.75, 3.05) is 18.4 Å². The second kappa shape index (κ2) is 7.93. The first kappa shape index (κ1) is 17.9. The Bertz CT molecular complexity index is 821. The minimum Gasteiger partial charge on any atom is -0.350 e. The van der Waals surface area contributed by atoms with E-state index in [1.807, 2.05) is 19.9 Å². The van der Waals surface area contributed by atoms with Gasteiger partial charge in [0.25, 0.3) is 11.6 Å². The summed E-state index contributed by atoms with van der Waals surface area (Å²) in [7, 11) is 0. The largest absolute Gasteiger partial charge is 0.350 e. The Kier molecular flexibility index (Phi) is 5.69. The molecule has 7 nitrogen and oxygen atoms in total. The van der Waals surface area contributed by atoms with Crippen LogP contribution in [-0.2, 0) is 0 Å². The van der Waals surface area contributed by atoms with Gasteiger partial charge in [0.1, 0.15) is 5.69 Å². The molecule has 0 aliphatic heterocycles. The van der Waals surface area contributed by atoms with Gasteiger partial charge in [-0.15, -0.1) is 0 Å². The zero-order valence-electron chi connectivity index (χ0n) is 14.0. The first-order valence-corrected chi connectivity index (χ1v) is 7.85. The number of rotatable bonds is 6. The van der Waals surface area contributed by atoms with E-state index in [1.165, 1.54) is 18.2 Å². The standard InChI is InChI=1S/C18H18N4O3/c1-3-21(4-2)18(23)14-6-8-15(9-7-14)20-16-10-5-13(12-19)11-17(16)22(24)25/h5-11,20H,3-4H2,1-2H3. The number of nitrogens with one attached hydrogen (secondary N) is 1. The first-order valence-electron chi connectivity index (χ1n) is 7.85. The Morgan fingerprint density at radius 1 is 1.20 bits per heavy atom. The van der Waals surface area contributed by atoms with Crippen molar-refractivity contribution in [3.63, 3.8) is 0 Å². The summed E-state index contributed by atoms with van der Waals surface area (Å²) in [5.74, 6) is -0.0547. The van der Waals surface area contributed by atoms with E-state index in [4.69, 9.17) is 5.26 Å². The van der Waals surface area contributed by atoms with Crippen LogP contribution < -0.4 is 5.32 Å². The molecule has 0 radical (unpaired) electrons. The van der Waals surface area contributed by atoms with Crippen LogP contribution in [0.1, 0.15) is 29.8 Å². The van der Waals surface area contributed by atoms with Crippen molar-refractivity contribution < 1.29 is 9.72 Å². The average molecular weight is 338 g/mol. The number of hydrogen-bond donors (Lipinski definition) is 1. The van der Waals surface area contributed by atoms with Crippen LogP contribution in [0.3, 0.4) is 0 Å². The fraction of sp³-hybridized carbons (Fsp3) is 0.222. The third-order valence-corrected chi connectivity index (χ3v) is 3.79. The molecule has 0 fully saturated rings. The summed E-state index contributed by atoms with van der Waals surface area (Å²) in [6.45, 7) is 5.10. The number of nitrogens with zero attached hydrogens (tertiary/aromatic N) is 3. The molecule has 0 aliphatic rings. The molecule has 1 amide bonds. The van der Waals surface area contributed by atoms with Gasteiger partial charge in [-0.2, -0.15) is 5.26 Å². The fourth-order valence-electron chi connectivity index (χ4n) is 2.40. The van der Waals surface area contributed by atoms with Gasteiger partial charge in [0, 0.05) is 30.4 Å². The van der Waals surface area contributed by atoms with E-state index in [0.29, 0.717) is 24.3 Å². The highest BCUT2D eigenvalue weighted by atomic mass is 16.6. The highest BCUT2D eigenvalue weighted by molar-refractivity contribution is 5.94. The van der Waals surface area contributed by atoms with Crippen LogP contribution in [0, 0.1) is 21.4 Å². The Labute approximate surface area is 145 Å². The highest BCUT2D eigenvalue weighted by Gasteiger charge is 2.16. The van der Waals surface area contributed by atoms with Gasteiger partial charge in [0.2, 0.25) is 0 Å². The second-order valence-electron chi connectivity index (χ2n) is 5.28. The van der Waals surface area contributed by atoms with Crippen LogP contribution in [0.2, 0.25) is 0 Å². The van der Waals surface area contributed by atoms with E-state index in [1.54, 1.807) is 29.2 Å². The maximum absolute atomic E-state index is 12.3. The van der Waals surface area contributed by atoms with Crippen molar-refractivity contribution >= 4 is 23.0 Å². The molecule has 2 aromatic rings. The Morgan fingerprint density at radius 3 is 2.36 bits per heavy atom. The third-order valence-electron chi connectivity index (χ3n) is 3.79. The summed E-state index contributed by atoms with van der Waals surface area (Å²) in [4.78, 5) is 24.6. The van der Waals surface area contributed by atoms with Crippen molar-refractivity contribution in [2.45, 2.75) is 13.8 Å². The molecule has 7 heteroatoms. The van der Waals surface area contributed by atoms with Crippen molar-refractivity contribution in [1.29, 1.82) is 5.26 Å². The predicted molar refractivity (Wildman–Crippen MR) is 94.8 cm³/mol. The molecule has 0 saturated heterocycles. The number of amides is 1. The molecule has 0 atom stereocenters. The van der Waals surface area contributed by atoms with Gasteiger partial charge in [-0.05, 0) is 50.2 Å². The number of benzene rings is 2. The molecule has 1 N–H and O–H groups in total. The highest BCUT2D eigenvalue weighted by Crippen LogP contribution is 2.28. The zero-order valence-corrected chi connectivity index (χ0v) is 14.0. The lowest BCUT2D eigenvalue weighted by Crippen LogP contribution is -2.30. The lowest BCUT2D eigenvalue weighted by atomic mass is 10.1. The van der Waals surface area contributed by atoms with Crippen LogP contribution in [0.15, 0.2) is 42.5 Å². The number of nitriles is 1. The zero-order chi connectivity index (χ0) is 18.4. The summed E-state index contributed by atoms with van der Waals surface area (Å²) in [6, 6.07) is 12.8. The minimum atomic E-state index is -0.540.